The summed E-state index contributed by atoms with van der Waals surface area (Å²) in [5, 5.41) is 9.43. The molecule has 2 amide bonds. The Morgan fingerprint density at radius 1 is 1.10 bits per heavy atom. The molecule has 0 aliphatic carbocycles. The second kappa shape index (κ2) is 10.7. The lowest BCUT2D eigenvalue weighted by atomic mass is 10.0. The van der Waals surface area contributed by atoms with Gasteiger partial charge in [-0.15, -0.1) is 11.3 Å². The number of ether oxygens (including phenoxy) is 1. The van der Waals surface area contributed by atoms with Crippen molar-refractivity contribution < 1.29 is 27.5 Å². The highest BCUT2D eigenvalue weighted by molar-refractivity contribution is 7.21. The Morgan fingerprint density at radius 2 is 1.88 bits per heavy atom. The monoisotopic (exact) mass is 587 g/mol. The van der Waals surface area contributed by atoms with Gasteiger partial charge in [0.1, 0.15) is 33.5 Å². The Hall–Kier alpha value is -5.10. The van der Waals surface area contributed by atoms with Gasteiger partial charge in [-0.05, 0) is 53.6 Å². The number of nitrogens with one attached hydrogen (secondary N) is 1. The average molecular weight is 588 g/mol. The number of hydrogen-bond donors (Lipinski definition) is 2. The van der Waals surface area contributed by atoms with E-state index in [4.69, 9.17) is 14.9 Å². The molecule has 9 nitrogen and oxygen atoms in total. The van der Waals surface area contributed by atoms with E-state index in [1.807, 2.05) is 42.5 Å². The normalized spacial score (nSPS) is 11.5. The van der Waals surface area contributed by atoms with E-state index < -0.39 is 23.9 Å². The first-order chi connectivity index (χ1) is 20.2. The second-order valence-corrected chi connectivity index (χ2v) is 10.6. The van der Waals surface area contributed by atoms with Crippen LogP contribution in [-0.2, 0) is 13.7 Å². The Balaban J connectivity index is 1.31. The van der Waals surface area contributed by atoms with Crippen LogP contribution in [0, 0.1) is 6.92 Å². The van der Waals surface area contributed by atoms with Crippen LogP contribution in [0.5, 0.6) is 5.75 Å². The smallest absolute Gasteiger partial charge is 0.291 e. The molecule has 0 spiro atoms. The number of fused-ring (bicyclic) bond motifs is 2. The first-order valence-corrected chi connectivity index (χ1v) is 13.6. The number of carbonyl (C=O) groups is 2. The highest BCUT2D eigenvalue weighted by Crippen LogP contribution is 2.43. The number of alkyl halides is 2. The zero-order valence-corrected chi connectivity index (χ0v) is 23.2. The van der Waals surface area contributed by atoms with Crippen molar-refractivity contribution in [3.8, 4) is 16.9 Å². The maximum Gasteiger partial charge on any atom is 0.291 e. The van der Waals surface area contributed by atoms with Crippen molar-refractivity contribution in [3.05, 3.63) is 94.6 Å². The SMILES string of the molecule is Cc1nn(C)cc1-c1cc(C(F)F)nc2sc(C(N)=O)c(NC(=O)c3ccc(COc4ccc5ccccc5c4)o3)c12. The highest BCUT2D eigenvalue weighted by atomic mass is 32.1. The lowest BCUT2D eigenvalue weighted by molar-refractivity contribution is 0.0992. The fourth-order valence-corrected chi connectivity index (χ4v) is 5.78. The van der Waals surface area contributed by atoms with E-state index in [0.717, 1.165) is 22.1 Å². The molecule has 0 atom stereocenters. The molecule has 0 aliphatic heterocycles. The number of nitrogens with two attached hydrogens (primary N) is 1. The number of primary amides is 1. The molecule has 0 aliphatic rings. The summed E-state index contributed by atoms with van der Waals surface area (Å²) in [6.07, 6.45) is -1.19. The van der Waals surface area contributed by atoms with Crippen molar-refractivity contribution >= 4 is 49.8 Å². The molecule has 0 bridgehead atoms. The number of hydrogen-bond acceptors (Lipinski definition) is 7. The zero-order chi connectivity index (χ0) is 29.5. The van der Waals surface area contributed by atoms with E-state index in [0.29, 0.717) is 33.7 Å². The number of halogens is 2. The molecular formula is C30H23F2N5O4S. The van der Waals surface area contributed by atoms with Crippen molar-refractivity contribution in [2.75, 3.05) is 5.32 Å². The second-order valence-electron chi connectivity index (χ2n) is 9.57. The number of aryl methyl sites for hydroxylation is 2. The minimum atomic E-state index is -2.86. The van der Waals surface area contributed by atoms with Gasteiger partial charge in [0, 0.05) is 24.2 Å². The van der Waals surface area contributed by atoms with Gasteiger partial charge in [-0.2, -0.15) is 5.10 Å². The molecule has 4 heterocycles. The molecule has 12 heteroatoms. The number of carbonyl (C=O) groups excluding carboxylic acids is 2. The van der Waals surface area contributed by atoms with Crippen LogP contribution in [0.2, 0.25) is 0 Å². The predicted molar refractivity (Wildman–Crippen MR) is 155 cm³/mol. The molecule has 42 heavy (non-hydrogen) atoms. The minimum absolute atomic E-state index is 0.0357. The third-order valence-corrected chi connectivity index (χ3v) is 7.76. The Morgan fingerprint density at radius 3 is 2.60 bits per heavy atom. The van der Waals surface area contributed by atoms with Gasteiger partial charge in [-0.25, -0.2) is 13.8 Å². The van der Waals surface area contributed by atoms with E-state index in [-0.39, 0.29) is 27.8 Å². The molecule has 6 aromatic rings. The molecule has 4 aromatic heterocycles. The molecule has 212 valence electrons. The van der Waals surface area contributed by atoms with Gasteiger partial charge in [-0.1, -0.05) is 30.3 Å². The van der Waals surface area contributed by atoms with Crippen molar-refractivity contribution in [2.45, 2.75) is 20.0 Å². The van der Waals surface area contributed by atoms with Gasteiger partial charge in [0.15, 0.2) is 5.76 Å². The van der Waals surface area contributed by atoms with Gasteiger partial charge in [0.05, 0.1) is 11.4 Å². The number of furan rings is 1. The number of pyridine rings is 1. The fraction of sp³-hybridized carbons (Fsp3) is 0.133. The number of anilines is 1. The third kappa shape index (κ3) is 5.07. The molecule has 2 aromatic carbocycles. The number of nitrogens with zero attached hydrogens (tertiary/aromatic N) is 3. The number of thiophene rings is 1. The van der Waals surface area contributed by atoms with E-state index in [9.17, 15) is 18.4 Å². The van der Waals surface area contributed by atoms with Crippen LogP contribution in [0.25, 0.3) is 32.1 Å². The first-order valence-electron chi connectivity index (χ1n) is 12.8. The van der Waals surface area contributed by atoms with E-state index in [2.05, 4.69) is 15.4 Å². The predicted octanol–water partition coefficient (Wildman–Crippen LogP) is 6.62. The van der Waals surface area contributed by atoms with Gasteiger partial charge in [-0.3, -0.25) is 14.3 Å². The highest BCUT2D eigenvalue weighted by Gasteiger charge is 2.27. The largest absolute Gasteiger partial charge is 0.486 e. The minimum Gasteiger partial charge on any atom is -0.486 e. The molecular weight excluding hydrogens is 564 g/mol. The van der Waals surface area contributed by atoms with Crippen LogP contribution < -0.4 is 15.8 Å². The molecule has 3 N–H and O–H groups in total. The summed E-state index contributed by atoms with van der Waals surface area (Å²) in [6, 6.07) is 17.9. The summed E-state index contributed by atoms with van der Waals surface area (Å²) < 4.78 is 40.7. The summed E-state index contributed by atoms with van der Waals surface area (Å²) in [5.41, 5.74) is 6.67. The zero-order valence-electron chi connectivity index (χ0n) is 22.4. The van der Waals surface area contributed by atoms with Gasteiger partial charge in [0.25, 0.3) is 18.2 Å². The lowest BCUT2D eigenvalue weighted by Crippen LogP contribution is -2.16. The molecule has 6 rings (SSSR count). The summed E-state index contributed by atoms with van der Waals surface area (Å²) in [4.78, 5) is 29.9. The van der Waals surface area contributed by atoms with E-state index in [1.165, 1.54) is 12.1 Å². The van der Waals surface area contributed by atoms with Gasteiger partial charge in [0.2, 0.25) is 0 Å². The molecule has 0 fully saturated rings. The quantitative estimate of drug-likeness (QED) is 0.206. The van der Waals surface area contributed by atoms with Crippen molar-refractivity contribution in [3.63, 3.8) is 0 Å². The Labute approximate surface area is 241 Å². The summed E-state index contributed by atoms with van der Waals surface area (Å²) in [7, 11) is 1.70. The van der Waals surface area contributed by atoms with Gasteiger partial charge < -0.3 is 20.2 Å². The van der Waals surface area contributed by atoms with Crippen LogP contribution in [0.15, 0.2) is 71.3 Å². The van der Waals surface area contributed by atoms with Gasteiger partial charge >= 0.3 is 0 Å². The van der Waals surface area contributed by atoms with Crippen LogP contribution in [0.1, 0.15) is 43.8 Å². The van der Waals surface area contributed by atoms with E-state index in [1.54, 1.807) is 30.9 Å². The molecule has 0 saturated carbocycles. The van der Waals surface area contributed by atoms with Crippen LogP contribution in [0.4, 0.5) is 14.5 Å². The van der Waals surface area contributed by atoms with Crippen molar-refractivity contribution in [1.29, 1.82) is 0 Å². The number of rotatable bonds is 8. The number of aromatic nitrogens is 3. The standard InChI is InChI=1S/C30H23F2N5O4S/c1-15-21(13-37(2)36-15)20-12-22(27(31)32)34-30-24(20)25(26(42-30)28(33)38)35-29(39)23-10-9-19(41-23)14-40-18-8-7-16-5-3-4-6-17(16)11-18/h3-13,27H,14H2,1-2H3,(H2,33,38)(H,35,39). The summed E-state index contributed by atoms with van der Waals surface area (Å²) in [5.74, 6) is -0.516. The topological polar surface area (TPSA) is 125 Å². The number of benzene rings is 2. The summed E-state index contributed by atoms with van der Waals surface area (Å²) in [6.45, 7) is 1.80. The fourth-order valence-electron chi connectivity index (χ4n) is 4.76. The Kier molecular flexibility index (Phi) is 6.91. The molecule has 0 radical (unpaired) electrons. The first kappa shape index (κ1) is 27.1. The van der Waals surface area contributed by atoms with Crippen molar-refractivity contribution in [1.82, 2.24) is 14.8 Å². The third-order valence-electron chi connectivity index (χ3n) is 6.66. The van der Waals surface area contributed by atoms with Crippen LogP contribution in [0.3, 0.4) is 0 Å². The van der Waals surface area contributed by atoms with E-state index >= 15 is 0 Å². The van der Waals surface area contributed by atoms with Crippen LogP contribution >= 0.6 is 11.3 Å². The maximum absolute atomic E-state index is 13.8. The average Bonchev–Trinajstić information content (AvgIpc) is 3.68. The molecule has 0 saturated heterocycles. The van der Waals surface area contributed by atoms with Crippen LogP contribution in [-0.4, -0.2) is 26.6 Å². The lowest BCUT2D eigenvalue weighted by Gasteiger charge is -2.10. The Bertz CT molecular complexity index is 1990. The summed E-state index contributed by atoms with van der Waals surface area (Å²) >= 11 is 0.822. The molecule has 0 unspecified atom stereocenters. The maximum atomic E-state index is 13.8. The van der Waals surface area contributed by atoms with Crippen molar-refractivity contribution in [2.24, 2.45) is 12.8 Å². The number of amides is 2.